The highest BCUT2D eigenvalue weighted by molar-refractivity contribution is 7.89. The summed E-state index contributed by atoms with van der Waals surface area (Å²) < 4.78 is 27.6. The van der Waals surface area contributed by atoms with E-state index in [9.17, 15) is 8.42 Å². The second kappa shape index (κ2) is 7.19. The van der Waals surface area contributed by atoms with Gasteiger partial charge in [-0.1, -0.05) is 6.92 Å². The lowest BCUT2D eigenvalue weighted by molar-refractivity contribution is 0.248. The van der Waals surface area contributed by atoms with Crippen molar-refractivity contribution in [3.8, 4) is 0 Å². The van der Waals surface area contributed by atoms with Crippen LogP contribution in [0, 0.1) is 0 Å². The summed E-state index contributed by atoms with van der Waals surface area (Å²) in [4.78, 5) is 3.54. The van der Waals surface area contributed by atoms with Crippen LogP contribution in [0.4, 0.5) is 0 Å². The molecule has 1 saturated carbocycles. The average molecular weight is 332 g/mol. The third-order valence-electron chi connectivity index (χ3n) is 3.92. The molecule has 0 bridgehead atoms. The minimum Gasteiger partial charge on any atom is -0.312 e. The Kier molecular flexibility index (Phi) is 5.79. The van der Waals surface area contributed by atoms with E-state index in [1.54, 1.807) is 6.07 Å². The topological polar surface area (TPSA) is 61.4 Å². The van der Waals surface area contributed by atoms with E-state index in [2.05, 4.69) is 28.9 Å². The third-order valence-corrected chi connectivity index (χ3v) is 6.47. The molecule has 0 amide bonds. The Hall–Kier alpha value is -0.470. The van der Waals surface area contributed by atoms with Gasteiger partial charge in [0.1, 0.15) is 0 Å². The fourth-order valence-corrected chi connectivity index (χ4v) is 4.76. The minimum atomic E-state index is -3.42. The Labute approximate surface area is 131 Å². The number of nitrogens with one attached hydrogen (secondary N) is 2. The number of hydrogen-bond acceptors (Lipinski definition) is 5. The van der Waals surface area contributed by atoms with Crippen molar-refractivity contribution in [1.29, 1.82) is 0 Å². The summed E-state index contributed by atoms with van der Waals surface area (Å²) in [5.74, 6) is 0. The van der Waals surface area contributed by atoms with Gasteiger partial charge < -0.3 is 5.32 Å². The zero-order chi connectivity index (χ0) is 15.5. The number of hydrogen-bond donors (Lipinski definition) is 2. The molecular formula is C14H25N3O2S2. The third kappa shape index (κ3) is 4.50. The molecule has 1 atom stereocenters. The van der Waals surface area contributed by atoms with E-state index in [-0.39, 0.29) is 6.04 Å². The predicted molar refractivity (Wildman–Crippen MR) is 87.1 cm³/mol. The van der Waals surface area contributed by atoms with Gasteiger partial charge in [0, 0.05) is 30.1 Å². The van der Waals surface area contributed by atoms with Crippen molar-refractivity contribution in [1.82, 2.24) is 14.9 Å². The van der Waals surface area contributed by atoms with Crippen molar-refractivity contribution < 1.29 is 8.42 Å². The van der Waals surface area contributed by atoms with Crippen LogP contribution in [0.5, 0.6) is 0 Å². The molecule has 1 aliphatic carbocycles. The van der Waals surface area contributed by atoms with Crippen molar-refractivity contribution in [3.05, 3.63) is 16.3 Å². The molecule has 1 aromatic heterocycles. The first-order valence-electron chi connectivity index (χ1n) is 7.44. The second-order valence-electron chi connectivity index (χ2n) is 5.59. The molecule has 1 fully saturated rings. The van der Waals surface area contributed by atoms with Crippen LogP contribution in [0.3, 0.4) is 0 Å². The lowest BCUT2D eigenvalue weighted by atomic mass is 10.3. The number of thiophene rings is 1. The first-order valence-corrected chi connectivity index (χ1v) is 9.80. The Bertz CT molecular complexity index is 552. The van der Waals surface area contributed by atoms with Gasteiger partial charge in [0.15, 0.2) is 0 Å². The van der Waals surface area contributed by atoms with Gasteiger partial charge >= 0.3 is 0 Å². The molecular weight excluding hydrogens is 306 g/mol. The Morgan fingerprint density at radius 1 is 1.48 bits per heavy atom. The maximum absolute atomic E-state index is 12.4. The van der Waals surface area contributed by atoms with Crippen LogP contribution in [-0.2, 0) is 16.6 Å². The Morgan fingerprint density at radius 2 is 2.19 bits per heavy atom. The summed E-state index contributed by atoms with van der Waals surface area (Å²) in [7, 11) is -1.35. The van der Waals surface area contributed by atoms with Gasteiger partial charge in [-0.3, -0.25) is 4.90 Å². The Morgan fingerprint density at radius 3 is 2.81 bits per heavy atom. The Balaban J connectivity index is 1.96. The van der Waals surface area contributed by atoms with Crippen LogP contribution in [0.15, 0.2) is 16.3 Å². The van der Waals surface area contributed by atoms with E-state index in [0.29, 0.717) is 24.0 Å². The molecule has 0 spiro atoms. The van der Waals surface area contributed by atoms with Crippen molar-refractivity contribution >= 4 is 21.4 Å². The predicted octanol–water partition coefficient (Wildman–Crippen LogP) is 1.62. The highest BCUT2D eigenvalue weighted by Gasteiger charge is 2.30. The van der Waals surface area contributed by atoms with Gasteiger partial charge in [0.05, 0.1) is 4.90 Å². The van der Waals surface area contributed by atoms with Crippen molar-refractivity contribution in [2.75, 3.05) is 20.1 Å². The molecule has 21 heavy (non-hydrogen) atoms. The SMILES string of the molecule is CCNCc1sccc1S(=O)(=O)NCC(C)N(C)C1CC1. The van der Waals surface area contributed by atoms with E-state index in [0.717, 1.165) is 11.4 Å². The number of nitrogens with zero attached hydrogens (tertiary/aromatic N) is 1. The van der Waals surface area contributed by atoms with Crippen LogP contribution in [-0.4, -0.2) is 45.5 Å². The van der Waals surface area contributed by atoms with Crippen LogP contribution < -0.4 is 10.0 Å². The molecule has 1 aliphatic rings. The maximum Gasteiger partial charge on any atom is 0.241 e. The monoisotopic (exact) mass is 331 g/mol. The zero-order valence-electron chi connectivity index (χ0n) is 12.9. The van der Waals surface area contributed by atoms with Crippen LogP contribution in [0.2, 0.25) is 0 Å². The summed E-state index contributed by atoms with van der Waals surface area (Å²) in [5.41, 5.74) is 0. The standard InChI is InChI=1S/C14H25N3O2S2/c1-4-15-10-13-14(7-8-20-13)21(18,19)16-9-11(2)17(3)12-5-6-12/h7-8,11-12,15-16H,4-6,9-10H2,1-3H3. The smallest absolute Gasteiger partial charge is 0.241 e. The van der Waals surface area contributed by atoms with Gasteiger partial charge in [-0.15, -0.1) is 11.3 Å². The second-order valence-corrected chi connectivity index (χ2v) is 8.32. The maximum atomic E-state index is 12.4. The lowest BCUT2D eigenvalue weighted by Crippen LogP contribution is -2.41. The molecule has 0 aromatic carbocycles. The van der Waals surface area contributed by atoms with E-state index in [4.69, 9.17) is 0 Å². The highest BCUT2D eigenvalue weighted by Crippen LogP contribution is 2.27. The molecule has 7 heteroatoms. The van der Waals surface area contributed by atoms with E-state index in [1.807, 2.05) is 12.3 Å². The molecule has 2 N–H and O–H groups in total. The molecule has 0 radical (unpaired) electrons. The molecule has 1 unspecified atom stereocenters. The van der Waals surface area contributed by atoms with Crippen molar-refractivity contribution in [3.63, 3.8) is 0 Å². The summed E-state index contributed by atoms with van der Waals surface area (Å²) in [6.45, 7) is 5.95. The molecule has 1 aromatic rings. The highest BCUT2D eigenvalue weighted by atomic mass is 32.2. The first-order chi connectivity index (χ1) is 9.95. The number of sulfonamides is 1. The summed E-state index contributed by atoms with van der Waals surface area (Å²) in [6.07, 6.45) is 2.45. The van der Waals surface area contributed by atoms with Gasteiger partial charge in [-0.25, -0.2) is 13.1 Å². The fraction of sp³-hybridized carbons (Fsp3) is 0.714. The molecule has 5 nitrogen and oxygen atoms in total. The quantitative estimate of drug-likeness (QED) is 0.722. The summed E-state index contributed by atoms with van der Waals surface area (Å²) in [6, 6.07) is 2.53. The molecule has 0 aliphatic heterocycles. The van der Waals surface area contributed by atoms with Gasteiger partial charge in [0.25, 0.3) is 0 Å². The first kappa shape index (κ1) is 16.9. The minimum absolute atomic E-state index is 0.211. The van der Waals surface area contributed by atoms with Gasteiger partial charge in [0.2, 0.25) is 10.0 Å². The zero-order valence-corrected chi connectivity index (χ0v) is 14.6. The summed E-state index contributed by atoms with van der Waals surface area (Å²) in [5, 5.41) is 5.01. The van der Waals surface area contributed by atoms with E-state index in [1.165, 1.54) is 24.2 Å². The van der Waals surface area contributed by atoms with Crippen molar-refractivity contribution in [2.24, 2.45) is 0 Å². The van der Waals surface area contributed by atoms with Gasteiger partial charge in [-0.2, -0.15) is 0 Å². The summed E-state index contributed by atoms with van der Waals surface area (Å²) >= 11 is 1.48. The number of rotatable bonds is 9. The van der Waals surface area contributed by atoms with E-state index >= 15 is 0 Å². The van der Waals surface area contributed by atoms with Gasteiger partial charge in [-0.05, 0) is 44.8 Å². The lowest BCUT2D eigenvalue weighted by Gasteiger charge is -2.24. The van der Waals surface area contributed by atoms with Crippen LogP contribution in [0.25, 0.3) is 0 Å². The largest absolute Gasteiger partial charge is 0.312 e. The molecule has 1 heterocycles. The fourth-order valence-electron chi connectivity index (χ4n) is 2.23. The van der Waals surface area contributed by atoms with E-state index < -0.39 is 10.0 Å². The molecule has 2 rings (SSSR count). The number of likely N-dealkylation sites (N-methyl/N-ethyl adjacent to an activating group) is 1. The normalized spacial score (nSPS) is 17.3. The van der Waals surface area contributed by atoms with Crippen LogP contribution in [0.1, 0.15) is 31.6 Å². The van der Waals surface area contributed by atoms with Crippen LogP contribution >= 0.6 is 11.3 Å². The average Bonchev–Trinajstić information content (AvgIpc) is 3.19. The molecule has 120 valence electrons. The van der Waals surface area contributed by atoms with Crippen molar-refractivity contribution in [2.45, 2.75) is 50.2 Å². The molecule has 0 saturated heterocycles.